The van der Waals surface area contributed by atoms with Crippen LogP contribution in [0.2, 0.25) is 0 Å². The van der Waals surface area contributed by atoms with Gasteiger partial charge in [0, 0.05) is 55.7 Å². The van der Waals surface area contributed by atoms with Crippen molar-refractivity contribution in [1.82, 2.24) is 9.88 Å². The van der Waals surface area contributed by atoms with E-state index < -0.39 is 0 Å². The molecule has 134 valence electrons. The van der Waals surface area contributed by atoms with Crippen molar-refractivity contribution in [3.8, 4) is 0 Å². The molecule has 26 heavy (non-hydrogen) atoms. The Bertz CT molecular complexity index is 880. The minimum absolute atomic E-state index is 0.816. The zero-order chi connectivity index (χ0) is 17.9. The number of rotatable bonds is 4. The van der Waals surface area contributed by atoms with E-state index >= 15 is 0 Å². The van der Waals surface area contributed by atoms with Gasteiger partial charge in [0.05, 0.1) is 5.52 Å². The topological polar surface area (TPSA) is 31.4 Å². The first-order chi connectivity index (χ1) is 12.7. The van der Waals surface area contributed by atoms with Crippen molar-refractivity contribution in [2.24, 2.45) is 0 Å². The molecular formula is C22H26N4. The average Bonchev–Trinajstić information content (AvgIpc) is 2.69. The van der Waals surface area contributed by atoms with Crippen LogP contribution < -0.4 is 10.2 Å². The van der Waals surface area contributed by atoms with Crippen molar-refractivity contribution >= 4 is 22.3 Å². The largest absolute Gasteiger partial charge is 0.380 e. The number of piperazine rings is 1. The first-order valence-corrected chi connectivity index (χ1v) is 9.31. The normalized spacial score (nSPS) is 15.4. The second-order valence-electron chi connectivity index (χ2n) is 7.14. The third-order valence-electron chi connectivity index (χ3n) is 5.26. The second-order valence-corrected chi connectivity index (χ2v) is 7.14. The first-order valence-electron chi connectivity index (χ1n) is 9.31. The van der Waals surface area contributed by atoms with Crippen LogP contribution in [0.25, 0.3) is 10.9 Å². The van der Waals surface area contributed by atoms with E-state index in [1.54, 1.807) is 0 Å². The number of hydrogen-bond donors (Lipinski definition) is 1. The van der Waals surface area contributed by atoms with E-state index in [9.17, 15) is 0 Å². The summed E-state index contributed by atoms with van der Waals surface area (Å²) in [5.74, 6) is 0. The molecule has 1 saturated heterocycles. The van der Waals surface area contributed by atoms with Crippen LogP contribution >= 0.6 is 0 Å². The third kappa shape index (κ3) is 3.51. The van der Waals surface area contributed by atoms with E-state index in [1.165, 1.54) is 22.2 Å². The molecule has 1 aromatic heterocycles. The molecule has 1 aliphatic rings. The number of nitrogens with zero attached hydrogens (tertiary/aromatic N) is 3. The first kappa shape index (κ1) is 16.9. The minimum atomic E-state index is 0.816. The number of pyridine rings is 1. The van der Waals surface area contributed by atoms with Crippen LogP contribution in [0.3, 0.4) is 0 Å². The Hall–Kier alpha value is -2.59. The molecule has 4 rings (SSSR count). The Kier molecular flexibility index (Phi) is 4.76. The van der Waals surface area contributed by atoms with Crippen LogP contribution in [0.5, 0.6) is 0 Å². The Morgan fingerprint density at radius 3 is 2.50 bits per heavy atom. The molecule has 0 radical (unpaired) electrons. The third-order valence-corrected chi connectivity index (χ3v) is 5.26. The average molecular weight is 346 g/mol. The van der Waals surface area contributed by atoms with Crippen molar-refractivity contribution in [2.45, 2.75) is 13.5 Å². The summed E-state index contributed by atoms with van der Waals surface area (Å²) in [6, 6.07) is 17.4. The standard InChI is InChI=1S/C22H26N4/c1-17-5-10-21(20-4-3-11-23-22(17)20)24-16-18-6-8-19(9-7-18)26-14-12-25(2)13-15-26/h3-11,24H,12-16H2,1-2H3. The zero-order valence-corrected chi connectivity index (χ0v) is 15.6. The van der Waals surface area contributed by atoms with E-state index in [2.05, 4.69) is 76.5 Å². The fourth-order valence-electron chi connectivity index (χ4n) is 3.55. The monoisotopic (exact) mass is 346 g/mol. The Morgan fingerprint density at radius 2 is 1.73 bits per heavy atom. The quantitative estimate of drug-likeness (QED) is 0.776. The smallest absolute Gasteiger partial charge is 0.0751 e. The molecule has 0 aliphatic carbocycles. The van der Waals surface area contributed by atoms with E-state index in [4.69, 9.17) is 0 Å². The maximum Gasteiger partial charge on any atom is 0.0751 e. The van der Waals surface area contributed by atoms with Crippen LogP contribution in [0.1, 0.15) is 11.1 Å². The van der Waals surface area contributed by atoms with Gasteiger partial charge in [-0.3, -0.25) is 4.98 Å². The number of anilines is 2. The van der Waals surface area contributed by atoms with Gasteiger partial charge in [-0.1, -0.05) is 18.2 Å². The van der Waals surface area contributed by atoms with Crippen LogP contribution in [0.4, 0.5) is 11.4 Å². The summed E-state index contributed by atoms with van der Waals surface area (Å²) in [5, 5.41) is 4.76. The van der Waals surface area contributed by atoms with Crippen LogP contribution in [-0.2, 0) is 6.54 Å². The molecule has 4 heteroatoms. The molecule has 2 aromatic carbocycles. The van der Waals surface area contributed by atoms with Gasteiger partial charge in [0.15, 0.2) is 0 Å². The Morgan fingerprint density at radius 1 is 0.962 bits per heavy atom. The lowest BCUT2D eigenvalue weighted by molar-refractivity contribution is 0.313. The van der Waals surface area contributed by atoms with Crippen molar-refractivity contribution in [3.05, 3.63) is 65.9 Å². The fourth-order valence-corrected chi connectivity index (χ4v) is 3.55. The van der Waals surface area contributed by atoms with E-state index in [-0.39, 0.29) is 0 Å². The number of aryl methyl sites for hydroxylation is 1. The van der Waals surface area contributed by atoms with Gasteiger partial charge in [-0.05, 0) is 55.4 Å². The number of fused-ring (bicyclic) bond motifs is 1. The molecule has 0 unspecified atom stereocenters. The predicted octanol–water partition coefficient (Wildman–Crippen LogP) is 3.91. The molecular weight excluding hydrogens is 320 g/mol. The number of aromatic nitrogens is 1. The second kappa shape index (κ2) is 7.34. The highest BCUT2D eigenvalue weighted by Gasteiger charge is 2.13. The molecule has 1 fully saturated rings. The molecule has 1 N–H and O–H groups in total. The number of nitrogens with one attached hydrogen (secondary N) is 1. The van der Waals surface area contributed by atoms with Gasteiger partial charge in [-0.15, -0.1) is 0 Å². The summed E-state index contributed by atoms with van der Waals surface area (Å²) in [6.45, 7) is 7.41. The highest BCUT2D eigenvalue weighted by Crippen LogP contribution is 2.25. The van der Waals surface area contributed by atoms with Gasteiger partial charge in [0.1, 0.15) is 0 Å². The van der Waals surface area contributed by atoms with Crippen LogP contribution in [0.15, 0.2) is 54.7 Å². The zero-order valence-electron chi connectivity index (χ0n) is 15.6. The summed E-state index contributed by atoms with van der Waals surface area (Å²) < 4.78 is 0. The molecule has 0 amide bonds. The SMILES string of the molecule is Cc1ccc(NCc2ccc(N3CCN(C)CC3)cc2)c2cccnc12. The summed E-state index contributed by atoms with van der Waals surface area (Å²) in [5.41, 5.74) is 6.04. The van der Waals surface area contributed by atoms with Crippen molar-refractivity contribution in [1.29, 1.82) is 0 Å². The van der Waals surface area contributed by atoms with Crippen LogP contribution in [0, 0.1) is 6.92 Å². The molecule has 0 atom stereocenters. The predicted molar refractivity (Wildman–Crippen MR) is 110 cm³/mol. The maximum absolute atomic E-state index is 4.52. The lowest BCUT2D eigenvalue weighted by Gasteiger charge is -2.34. The number of benzene rings is 2. The molecule has 3 aromatic rings. The van der Waals surface area contributed by atoms with Gasteiger partial charge in [-0.25, -0.2) is 0 Å². The molecule has 0 spiro atoms. The van der Waals surface area contributed by atoms with Gasteiger partial charge in [0.2, 0.25) is 0 Å². The Balaban J connectivity index is 1.45. The van der Waals surface area contributed by atoms with E-state index in [1.807, 2.05) is 12.3 Å². The maximum atomic E-state index is 4.52. The summed E-state index contributed by atoms with van der Waals surface area (Å²) in [4.78, 5) is 9.37. The van der Waals surface area contributed by atoms with E-state index in [0.29, 0.717) is 0 Å². The van der Waals surface area contributed by atoms with Crippen molar-refractivity contribution in [3.63, 3.8) is 0 Å². The lowest BCUT2D eigenvalue weighted by Crippen LogP contribution is -2.44. The van der Waals surface area contributed by atoms with Gasteiger partial charge >= 0.3 is 0 Å². The highest BCUT2D eigenvalue weighted by molar-refractivity contribution is 5.93. The summed E-state index contributed by atoms with van der Waals surface area (Å²) in [7, 11) is 2.19. The molecule has 4 nitrogen and oxygen atoms in total. The van der Waals surface area contributed by atoms with Crippen molar-refractivity contribution < 1.29 is 0 Å². The summed E-state index contributed by atoms with van der Waals surface area (Å²) >= 11 is 0. The van der Waals surface area contributed by atoms with Gasteiger partial charge in [-0.2, -0.15) is 0 Å². The summed E-state index contributed by atoms with van der Waals surface area (Å²) in [6.07, 6.45) is 1.86. The lowest BCUT2D eigenvalue weighted by atomic mass is 10.1. The number of hydrogen-bond acceptors (Lipinski definition) is 4. The Labute approximate surface area is 155 Å². The fraction of sp³-hybridized carbons (Fsp3) is 0.318. The van der Waals surface area contributed by atoms with Gasteiger partial charge in [0.25, 0.3) is 0 Å². The van der Waals surface area contributed by atoms with Crippen molar-refractivity contribution in [2.75, 3.05) is 43.4 Å². The molecule has 2 heterocycles. The molecule has 0 saturated carbocycles. The van der Waals surface area contributed by atoms with Crippen LogP contribution in [-0.4, -0.2) is 43.1 Å². The number of likely N-dealkylation sites (N-methyl/N-ethyl adjacent to an activating group) is 1. The molecule has 0 bridgehead atoms. The van der Waals surface area contributed by atoms with E-state index in [0.717, 1.165) is 43.9 Å². The molecule has 1 aliphatic heterocycles. The highest BCUT2D eigenvalue weighted by atomic mass is 15.2. The minimum Gasteiger partial charge on any atom is -0.380 e. The van der Waals surface area contributed by atoms with Gasteiger partial charge < -0.3 is 15.1 Å².